The van der Waals surface area contributed by atoms with E-state index >= 15 is 0 Å². The van der Waals surface area contributed by atoms with E-state index in [1.807, 2.05) is 0 Å². The van der Waals surface area contributed by atoms with Gasteiger partial charge in [0.2, 0.25) is 10.0 Å². The number of benzene rings is 1. The standard InChI is InChI=1S/C12H18N4O5S/c13-22(19,20)12-9-10(16(17)18)1-2-11(12)14-3-4-15-5-7-21-8-6-15/h1-2,9,14H,3-8H2,(H2,13,19,20). The number of nitro groups is 1. The number of rotatable bonds is 6. The summed E-state index contributed by atoms with van der Waals surface area (Å²) in [6.07, 6.45) is 0. The molecule has 1 aliphatic heterocycles. The zero-order valence-corrected chi connectivity index (χ0v) is 12.7. The van der Waals surface area contributed by atoms with Crippen LogP contribution in [-0.2, 0) is 14.8 Å². The Bertz CT molecular complexity index is 643. The maximum Gasteiger partial charge on any atom is 0.270 e. The second kappa shape index (κ2) is 7.01. The van der Waals surface area contributed by atoms with Gasteiger partial charge in [-0.15, -0.1) is 0 Å². The van der Waals surface area contributed by atoms with Gasteiger partial charge in [-0.05, 0) is 6.07 Å². The Hall–Kier alpha value is -1.75. The van der Waals surface area contributed by atoms with Crippen LogP contribution in [-0.4, -0.2) is 57.6 Å². The van der Waals surface area contributed by atoms with Crippen LogP contribution < -0.4 is 10.5 Å². The van der Waals surface area contributed by atoms with E-state index < -0.39 is 14.9 Å². The maximum absolute atomic E-state index is 11.6. The fourth-order valence-corrected chi connectivity index (χ4v) is 2.91. The minimum Gasteiger partial charge on any atom is -0.383 e. The molecule has 1 aliphatic rings. The topological polar surface area (TPSA) is 128 Å². The summed E-state index contributed by atoms with van der Waals surface area (Å²) in [4.78, 5) is 12.0. The minimum atomic E-state index is -4.05. The van der Waals surface area contributed by atoms with Crippen LogP contribution in [0.1, 0.15) is 0 Å². The Morgan fingerprint density at radius 3 is 2.64 bits per heavy atom. The van der Waals surface area contributed by atoms with Crippen LogP contribution in [0.3, 0.4) is 0 Å². The van der Waals surface area contributed by atoms with Crippen molar-refractivity contribution in [1.29, 1.82) is 0 Å². The highest BCUT2D eigenvalue weighted by Crippen LogP contribution is 2.25. The lowest BCUT2D eigenvalue weighted by Crippen LogP contribution is -2.39. The Kier molecular flexibility index (Phi) is 5.29. The molecule has 0 saturated carbocycles. The molecule has 1 saturated heterocycles. The molecular formula is C12H18N4O5S. The van der Waals surface area contributed by atoms with E-state index in [1.165, 1.54) is 12.1 Å². The zero-order valence-electron chi connectivity index (χ0n) is 11.9. The highest BCUT2D eigenvalue weighted by atomic mass is 32.2. The Morgan fingerprint density at radius 2 is 2.05 bits per heavy atom. The second-order valence-electron chi connectivity index (χ2n) is 4.86. The molecule has 0 spiro atoms. The van der Waals surface area contributed by atoms with Crippen LogP contribution in [0.5, 0.6) is 0 Å². The van der Waals surface area contributed by atoms with Crippen LogP contribution in [0.15, 0.2) is 23.1 Å². The molecular weight excluding hydrogens is 312 g/mol. The number of primary sulfonamides is 1. The average Bonchev–Trinajstić information content (AvgIpc) is 2.47. The molecule has 9 nitrogen and oxygen atoms in total. The molecule has 0 atom stereocenters. The maximum atomic E-state index is 11.6. The summed E-state index contributed by atoms with van der Waals surface area (Å²) in [5.41, 5.74) is -0.0517. The van der Waals surface area contributed by atoms with Gasteiger partial charge in [-0.2, -0.15) is 0 Å². The number of non-ortho nitro benzene ring substituents is 1. The zero-order chi connectivity index (χ0) is 16.2. The third kappa shape index (κ3) is 4.37. The number of ether oxygens (including phenoxy) is 1. The van der Waals surface area contributed by atoms with E-state index in [4.69, 9.17) is 9.88 Å². The lowest BCUT2D eigenvalue weighted by Gasteiger charge is -2.26. The van der Waals surface area contributed by atoms with Gasteiger partial charge in [0.25, 0.3) is 5.69 Å². The number of anilines is 1. The molecule has 0 aliphatic carbocycles. The van der Waals surface area contributed by atoms with Crippen molar-refractivity contribution in [3.63, 3.8) is 0 Å². The number of nitrogens with one attached hydrogen (secondary N) is 1. The van der Waals surface area contributed by atoms with Gasteiger partial charge in [0.1, 0.15) is 4.90 Å². The van der Waals surface area contributed by atoms with Crippen molar-refractivity contribution in [2.45, 2.75) is 4.90 Å². The van der Waals surface area contributed by atoms with Gasteiger partial charge in [0.15, 0.2) is 0 Å². The molecule has 22 heavy (non-hydrogen) atoms. The molecule has 0 amide bonds. The van der Waals surface area contributed by atoms with Crippen molar-refractivity contribution in [2.24, 2.45) is 5.14 Å². The first-order valence-corrected chi connectivity index (χ1v) is 8.28. The molecule has 0 radical (unpaired) electrons. The molecule has 0 aromatic heterocycles. The molecule has 0 bridgehead atoms. The number of hydrogen-bond donors (Lipinski definition) is 2. The third-order valence-electron chi connectivity index (χ3n) is 3.33. The van der Waals surface area contributed by atoms with E-state index in [2.05, 4.69) is 10.2 Å². The molecule has 1 heterocycles. The average molecular weight is 330 g/mol. The van der Waals surface area contributed by atoms with Gasteiger partial charge in [0.05, 0.1) is 23.8 Å². The minimum absolute atomic E-state index is 0.265. The lowest BCUT2D eigenvalue weighted by atomic mass is 10.3. The summed E-state index contributed by atoms with van der Waals surface area (Å²) in [6.45, 7) is 4.22. The normalized spacial score (nSPS) is 16.4. The van der Waals surface area contributed by atoms with Crippen molar-refractivity contribution in [2.75, 3.05) is 44.7 Å². The monoisotopic (exact) mass is 330 g/mol. The molecule has 3 N–H and O–H groups in total. The summed E-state index contributed by atoms with van der Waals surface area (Å²) in [6, 6.07) is 3.56. The van der Waals surface area contributed by atoms with Crippen LogP contribution in [0.4, 0.5) is 11.4 Å². The predicted octanol–water partition coefficient (Wildman–Crippen LogP) is -0.0137. The molecule has 1 aromatic rings. The first-order valence-electron chi connectivity index (χ1n) is 6.73. The lowest BCUT2D eigenvalue weighted by molar-refractivity contribution is -0.385. The van der Waals surface area contributed by atoms with E-state index in [9.17, 15) is 18.5 Å². The number of nitro benzene ring substituents is 1. The first kappa shape index (κ1) is 16.6. The molecule has 0 unspecified atom stereocenters. The summed E-state index contributed by atoms with van der Waals surface area (Å²) < 4.78 is 28.4. The van der Waals surface area contributed by atoms with E-state index in [1.54, 1.807) is 0 Å². The van der Waals surface area contributed by atoms with Crippen molar-refractivity contribution in [3.05, 3.63) is 28.3 Å². The third-order valence-corrected chi connectivity index (χ3v) is 4.28. The smallest absolute Gasteiger partial charge is 0.270 e. The number of morpholine rings is 1. The van der Waals surface area contributed by atoms with Gasteiger partial charge in [-0.25, -0.2) is 13.6 Å². The Labute approximate surface area is 128 Å². The Balaban J connectivity index is 2.07. The molecule has 1 fully saturated rings. The second-order valence-corrected chi connectivity index (χ2v) is 6.39. The highest BCUT2D eigenvalue weighted by Gasteiger charge is 2.19. The summed E-state index contributed by atoms with van der Waals surface area (Å²) >= 11 is 0. The molecule has 122 valence electrons. The summed E-state index contributed by atoms with van der Waals surface area (Å²) in [5, 5.41) is 18.8. The van der Waals surface area contributed by atoms with Crippen LogP contribution in [0.2, 0.25) is 0 Å². The van der Waals surface area contributed by atoms with Gasteiger partial charge in [0, 0.05) is 38.3 Å². The van der Waals surface area contributed by atoms with Crippen molar-refractivity contribution < 1.29 is 18.1 Å². The van der Waals surface area contributed by atoms with Gasteiger partial charge in [-0.1, -0.05) is 0 Å². The summed E-state index contributed by atoms with van der Waals surface area (Å²) in [7, 11) is -4.05. The largest absolute Gasteiger partial charge is 0.383 e. The molecule has 10 heteroatoms. The number of nitrogens with zero attached hydrogens (tertiary/aromatic N) is 2. The molecule has 2 rings (SSSR count). The van der Waals surface area contributed by atoms with E-state index in [0.717, 1.165) is 19.2 Å². The van der Waals surface area contributed by atoms with E-state index in [0.29, 0.717) is 26.3 Å². The molecule has 1 aromatic carbocycles. The fourth-order valence-electron chi connectivity index (χ4n) is 2.18. The highest BCUT2D eigenvalue weighted by molar-refractivity contribution is 7.89. The van der Waals surface area contributed by atoms with Gasteiger partial charge < -0.3 is 10.1 Å². The van der Waals surface area contributed by atoms with Gasteiger partial charge in [-0.3, -0.25) is 15.0 Å². The van der Waals surface area contributed by atoms with Crippen LogP contribution >= 0.6 is 0 Å². The van der Waals surface area contributed by atoms with Crippen LogP contribution in [0, 0.1) is 10.1 Å². The number of nitrogens with two attached hydrogens (primary N) is 1. The summed E-state index contributed by atoms with van der Waals surface area (Å²) in [5.74, 6) is 0. The predicted molar refractivity (Wildman–Crippen MR) is 80.2 cm³/mol. The Morgan fingerprint density at radius 1 is 1.36 bits per heavy atom. The van der Waals surface area contributed by atoms with Crippen molar-refractivity contribution in [1.82, 2.24) is 4.90 Å². The first-order chi connectivity index (χ1) is 10.4. The van der Waals surface area contributed by atoms with Crippen molar-refractivity contribution in [3.8, 4) is 0 Å². The SMILES string of the molecule is NS(=O)(=O)c1cc([N+](=O)[O-])ccc1NCCN1CCOCC1. The van der Waals surface area contributed by atoms with Gasteiger partial charge >= 0.3 is 0 Å². The van der Waals surface area contributed by atoms with Crippen molar-refractivity contribution >= 4 is 21.4 Å². The fraction of sp³-hybridized carbons (Fsp3) is 0.500. The number of hydrogen-bond acceptors (Lipinski definition) is 7. The van der Waals surface area contributed by atoms with E-state index in [-0.39, 0.29) is 16.3 Å². The van der Waals surface area contributed by atoms with Crippen LogP contribution in [0.25, 0.3) is 0 Å². The quantitative estimate of drug-likeness (QED) is 0.554. The number of sulfonamides is 1.